The van der Waals surface area contributed by atoms with Crippen molar-refractivity contribution < 1.29 is 9.59 Å². The van der Waals surface area contributed by atoms with E-state index < -0.39 is 0 Å². The van der Waals surface area contributed by atoms with Gasteiger partial charge in [0.1, 0.15) is 0 Å². The average molecular weight is 355 g/mol. The topological polar surface area (TPSA) is 49.4 Å². The zero-order valence-corrected chi connectivity index (χ0v) is 14.5. The summed E-state index contributed by atoms with van der Waals surface area (Å²) in [4.78, 5) is 26.7. The Bertz CT molecular complexity index is 607. The maximum Gasteiger partial charge on any atom is 0.228 e. The van der Waals surface area contributed by atoms with Crippen molar-refractivity contribution in [2.24, 2.45) is 17.8 Å². The quantitative estimate of drug-likeness (QED) is 0.896. The summed E-state index contributed by atoms with van der Waals surface area (Å²) in [5.41, 5.74) is 0.422. The van der Waals surface area contributed by atoms with Gasteiger partial charge in [-0.1, -0.05) is 36.2 Å². The van der Waals surface area contributed by atoms with E-state index >= 15 is 0 Å². The van der Waals surface area contributed by atoms with Gasteiger partial charge >= 0.3 is 0 Å². The lowest BCUT2D eigenvalue weighted by Crippen LogP contribution is -2.39. The van der Waals surface area contributed by atoms with E-state index in [0.29, 0.717) is 28.1 Å². The molecule has 1 saturated heterocycles. The van der Waals surface area contributed by atoms with Crippen LogP contribution in [-0.2, 0) is 9.59 Å². The van der Waals surface area contributed by atoms with Crippen molar-refractivity contribution in [1.29, 1.82) is 0 Å². The number of nitrogens with one attached hydrogen (secondary N) is 1. The number of carbonyl (C=O) groups excluding carboxylic acids is 2. The molecule has 1 aromatic rings. The van der Waals surface area contributed by atoms with Gasteiger partial charge in [0.2, 0.25) is 11.8 Å². The highest BCUT2D eigenvalue weighted by atomic mass is 35.5. The smallest absolute Gasteiger partial charge is 0.228 e. The van der Waals surface area contributed by atoms with E-state index in [1.165, 1.54) is 0 Å². The van der Waals surface area contributed by atoms with Crippen LogP contribution < -0.4 is 5.32 Å². The number of carbonyl (C=O) groups is 2. The molecule has 3 rings (SSSR count). The Morgan fingerprint density at radius 2 is 1.74 bits per heavy atom. The van der Waals surface area contributed by atoms with Gasteiger partial charge in [-0.3, -0.25) is 9.59 Å². The monoisotopic (exact) mass is 354 g/mol. The summed E-state index contributed by atoms with van der Waals surface area (Å²) in [5.74, 6) is 0.157. The second kappa shape index (κ2) is 6.70. The van der Waals surface area contributed by atoms with E-state index in [2.05, 4.69) is 12.2 Å². The van der Waals surface area contributed by atoms with Crippen molar-refractivity contribution in [3.63, 3.8) is 0 Å². The molecule has 1 aliphatic carbocycles. The number of likely N-dealkylation sites (tertiary alicyclic amines) is 1. The minimum absolute atomic E-state index is 0.113. The Hall–Kier alpha value is -1.26. The third kappa shape index (κ3) is 3.64. The first-order valence-corrected chi connectivity index (χ1v) is 8.76. The largest absolute Gasteiger partial charge is 0.342 e. The van der Waals surface area contributed by atoms with E-state index in [1.807, 2.05) is 4.90 Å². The second-order valence-electron chi connectivity index (χ2n) is 6.54. The number of hydrogen-bond donors (Lipinski definition) is 1. The molecule has 1 heterocycles. The fourth-order valence-corrected chi connectivity index (χ4v) is 3.55. The molecule has 1 aliphatic heterocycles. The molecular weight excluding hydrogens is 335 g/mol. The molecule has 4 nitrogen and oxygen atoms in total. The van der Waals surface area contributed by atoms with Crippen molar-refractivity contribution in [2.75, 3.05) is 18.4 Å². The van der Waals surface area contributed by atoms with Gasteiger partial charge in [-0.05, 0) is 37.3 Å². The fourth-order valence-electron chi connectivity index (χ4n) is 3.05. The number of anilines is 1. The van der Waals surface area contributed by atoms with Gasteiger partial charge in [-0.15, -0.1) is 0 Å². The predicted molar refractivity (Wildman–Crippen MR) is 91.7 cm³/mol. The molecule has 0 radical (unpaired) electrons. The van der Waals surface area contributed by atoms with Crippen molar-refractivity contribution >= 4 is 40.7 Å². The molecule has 2 amide bonds. The van der Waals surface area contributed by atoms with Crippen LogP contribution in [-0.4, -0.2) is 29.8 Å². The maximum absolute atomic E-state index is 12.5. The van der Waals surface area contributed by atoms with Crippen LogP contribution in [0.15, 0.2) is 18.2 Å². The minimum Gasteiger partial charge on any atom is -0.342 e. The van der Waals surface area contributed by atoms with E-state index in [0.717, 1.165) is 25.9 Å². The maximum atomic E-state index is 12.5. The zero-order valence-electron chi connectivity index (χ0n) is 13.0. The summed E-state index contributed by atoms with van der Waals surface area (Å²) < 4.78 is 0. The summed E-state index contributed by atoms with van der Waals surface area (Å²) in [5, 5.41) is 3.57. The highest BCUT2D eigenvalue weighted by Gasteiger charge is 2.49. The average Bonchev–Trinajstić information content (AvgIpc) is 3.32. The molecule has 0 aromatic heterocycles. The first-order valence-electron chi connectivity index (χ1n) is 8.01. The number of para-hydroxylation sites is 1. The van der Waals surface area contributed by atoms with E-state index in [9.17, 15) is 9.59 Å². The molecule has 23 heavy (non-hydrogen) atoms. The summed E-state index contributed by atoms with van der Waals surface area (Å²) in [6, 6.07) is 5.07. The first kappa shape index (κ1) is 16.6. The van der Waals surface area contributed by atoms with Gasteiger partial charge in [-0.25, -0.2) is 0 Å². The van der Waals surface area contributed by atoms with Gasteiger partial charge in [0, 0.05) is 13.1 Å². The fraction of sp³-hybridized carbons (Fsp3) is 0.529. The predicted octanol–water partition coefficient (Wildman–Crippen LogP) is 3.83. The molecule has 0 bridgehead atoms. The van der Waals surface area contributed by atoms with Crippen molar-refractivity contribution in [1.82, 2.24) is 4.90 Å². The van der Waals surface area contributed by atoms with Crippen LogP contribution in [0.25, 0.3) is 0 Å². The van der Waals surface area contributed by atoms with Gasteiger partial charge in [0.15, 0.2) is 0 Å². The minimum atomic E-state index is -0.269. The van der Waals surface area contributed by atoms with E-state index in [1.54, 1.807) is 18.2 Å². The summed E-state index contributed by atoms with van der Waals surface area (Å²) >= 11 is 12.1. The molecule has 2 atom stereocenters. The van der Waals surface area contributed by atoms with Crippen molar-refractivity contribution in [3.05, 3.63) is 28.2 Å². The molecule has 0 spiro atoms. The van der Waals surface area contributed by atoms with Crippen LogP contribution in [0.5, 0.6) is 0 Å². The van der Waals surface area contributed by atoms with Crippen molar-refractivity contribution in [3.8, 4) is 0 Å². The third-order valence-corrected chi connectivity index (χ3v) is 5.38. The molecule has 2 fully saturated rings. The van der Waals surface area contributed by atoms with Crippen LogP contribution in [0.1, 0.15) is 26.2 Å². The number of amides is 2. The number of rotatable bonds is 3. The Labute approximate surface area is 146 Å². The van der Waals surface area contributed by atoms with Gasteiger partial charge in [-0.2, -0.15) is 0 Å². The van der Waals surface area contributed by atoms with Gasteiger partial charge in [0.05, 0.1) is 27.6 Å². The Balaban J connectivity index is 1.58. The Morgan fingerprint density at radius 1 is 1.13 bits per heavy atom. The SMILES string of the molecule is CC1CCN(C(=O)C2CC2C(=O)Nc2c(Cl)cccc2Cl)CC1. The highest BCUT2D eigenvalue weighted by molar-refractivity contribution is 6.39. The van der Waals surface area contributed by atoms with Crippen LogP contribution in [0.2, 0.25) is 10.0 Å². The number of piperidine rings is 1. The van der Waals surface area contributed by atoms with E-state index in [-0.39, 0.29) is 23.7 Å². The van der Waals surface area contributed by atoms with Gasteiger partial charge in [0.25, 0.3) is 0 Å². The normalized spacial score (nSPS) is 24.4. The molecule has 1 aromatic carbocycles. The van der Waals surface area contributed by atoms with Crippen LogP contribution >= 0.6 is 23.2 Å². The molecule has 2 unspecified atom stereocenters. The standard InChI is InChI=1S/C17H20Cl2N2O2/c1-10-5-7-21(8-6-10)17(23)12-9-11(12)16(22)20-15-13(18)3-2-4-14(15)19/h2-4,10-12H,5-9H2,1H3,(H,20,22). The van der Waals surface area contributed by atoms with Crippen LogP contribution in [0.3, 0.4) is 0 Å². The molecule has 1 saturated carbocycles. The molecule has 124 valence electrons. The molecular formula is C17H20Cl2N2O2. The zero-order chi connectivity index (χ0) is 16.6. The van der Waals surface area contributed by atoms with Gasteiger partial charge < -0.3 is 10.2 Å². The molecule has 1 N–H and O–H groups in total. The number of nitrogens with zero attached hydrogens (tertiary/aromatic N) is 1. The summed E-state index contributed by atoms with van der Waals surface area (Å²) in [6.07, 6.45) is 2.70. The highest BCUT2D eigenvalue weighted by Crippen LogP contribution is 2.42. The summed E-state index contributed by atoms with van der Waals surface area (Å²) in [7, 11) is 0. The first-order chi connectivity index (χ1) is 11.0. The summed E-state index contributed by atoms with van der Waals surface area (Å²) in [6.45, 7) is 3.82. The second-order valence-corrected chi connectivity index (χ2v) is 7.36. The number of benzene rings is 1. The molecule has 6 heteroatoms. The van der Waals surface area contributed by atoms with E-state index in [4.69, 9.17) is 23.2 Å². The number of halogens is 2. The third-order valence-electron chi connectivity index (χ3n) is 4.75. The number of hydrogen-bond acceptors (Lipinski definition) is 2. The van der Waals surface area contributed by atoms with Crippen LogP contribution in [0, 0.1) is 17.8 Å². The Morgan fingerprint density at radius 3 is 2.35 bits per heavy atom. The van der Waals surface area contributed by atoms with Crippen molar-refractivity contribution in [2.45, 2.75) is 26.2 Å². The Kier molecular flexibility index (Phi) is 4.83. The lowest BCUT2D eigenvalue weighted by Gasteiger charge is -2.30. The lowest BCUT2D eigenvalue weighted by atomic mass is 9.99. The lowest BCUT2D eigenvalue weighted by molar-refractivity contribution is -0.135. The van der Waals surface area contributed by atoms with Crippen LogP contribution in [0.4, 0.5) is 5.69 Å². The molecule has 2 aliphatic rings.